The van der Waals surface area contributed by atoms with Crippen LogP contribution < -0.4 is 4.57 Å². The van der Waals surface area contributed by atoms with Crippen molar-refractivity contribution >= 4 is 10.9 Å². The summed E-state index contributed by atoms with van der Waals surface area (Å²) in [4.78, 5) is 4.40. The molecule has 0 saturated heterocycles. The minimum absolute atomic E-state index is 0.996. The predicted octanol–water partition coefficient (Wildman–Crippen LogP) is 3.14. The van der Waals surface area contributed by atoms with E-state index in [1.54, 1.807) is 6.33 Å². The van der Waals surface area contributed by atoms with Crippen molar-refractivity contribution in [3.05, 3.63) is 67.5 Å². The highest BCUT2D eigenvalue weighted by Crippen LogP contribution is 2.26. The molecule has 0 fully saturated rings. The molecule has 2 aromatic carbocycles. The molecular weight excluding hydrogens is 220 g/mol. The van der Waals surface area contributed by atoms with Crippen LogP contribution in [0.2, 0.25) is 0 Å². The first-order valence-electron chi connectivity index (χ1n) is 5.93. The van der Waals surface area contributed by atoms with E-state index >= 15 is 0 Å². The lowest BCUT2D eigenvalue weighted by Crippen LogP contribution is -2.29. The molecule has 0 saturated carbocycles. The number of nitrogens with zero attached hydrogens (tertiary/aromatic N) is 2. The summed E-state index contributed by atoms with van der Waals surface area (Å²) >= 11 is 0. The monoisotopic (exact) mass is 234 g/mol. The lowest BCUT2D eigenvalue weighted by molar-refractivity contribution is -0.602. The fourth-order valence-corrected chi connectivity index (χ4v) is 2.27. The van der Waals surface area contributed by atoms with Gasteiger partial charge in [-0.05, 0) is 25.6 Å². The number of para-hydroxylation sites is 1. The van der Waals surface area contributed by atoms with Gasteiger partial charge in [-0.25, -0.2) is 0 Å². The fraction of sp³-hybridized carbons (Fsp3) is 0.0625. The van der Waals surface area contributed by atoms with Crippen LogP contribution in [0.5, 0.6) is 0 Å². The van der Waals surface area contributed by atoms with Crippen molar-refractivity contribution in [2.75, 3.05) is 0 Å². The number of fused-ring (bicyclic) bond motifs is 1. The molecule has 0 aliphatic carbocycles. The predicted molar refractivity (Wildman–Crippen MR) is 72.9 cm³/mol. The Labute approximate surface area is 107 Å². The van der Waals surface area contributed by atoms with Gasteiger partial charge in [-0.3, -0.25) is 0 Å². The molecule has 0 atom stereocenters. The number of aryl methyl sites for hydroxylation is 1. The van der Waals surface area contributed by atoms with E-state index in [2.05, 4.69) is 49.3 Å². The summed E-state index contributed by atoms with van der Waals surface area (Å²) in [5.74, 6) is 0. The molecule has 0 aliphatic heterocycles. The van der Waals surface area contributed by atoms with Gasteiger partial charge < -0.3 is 4.57 Å². The van der Waals surface area contributed by atoms with Crippen LogP contribution in [0.15, 0.2) is 54.9 Å². The number of hydrogen-bond donors (Lipinski definition) is 0. The van der Waals surface area contributed by atoms with Gasteiger partial charge in [0.05, 0.1) is 0 Å². The molecule has 1 aromatic heterocycles. The minimum atomic E-state index is 0.996. The van der Waals surface area contributed by atoms with Gasteiger partial charge in [0.15, 0.2) is 11.8 Å². The molecule has 3 aromatic rings. The van der Waals surface area contributed by atoms with Crippen molar-refractivity contribution in [3.63, 3.8) is 0 Å². The number of hydrogen-bond acceptors (Lipinski definition) is 1. The maximum absolute atomic E-state index is 4.40. The first kappa shape index (κ1) is 10.8. The van der Waals surface area contributed by atoms with E-state index in [-0.39, 0.29) is 0 Å². The molecule has 2 nitrogen and oxygen atoms in total. The summed E-state index contributed by atoms with van der Waals surface area (Å²) in [5.41, 5.74) is 4.55. The van der Waals surface area contributed by atoms with Gasteiger partial charge in [0.1, 0.15) is 0 Å². The first-order valence-corrected chi connectivity index (χ1v) is 5.93. The first-order chi connectivity index (χ1) is 8.77. The van der Waals surface area contributed by atoms with Crippen LogP contribution in [0.1, 0.15) is 5.56 Å². The molecule has 0 N–H and O–H groups in total. The Morgan fingerprint density at radius 1 is 1.00 bits per heavy atom. The van der Waals surface area contributed by atoms with Crippen molar-refractivity contribution < 1.29 is 4.57 Å². The zero-order valence-corrected chi connectivity index (χ0v) is 10.3. The Balaban J connectivity index is 2.42. The quantitative estimate of drug-likeness (QED) is 0.467. The molecule has 0 radical (unpaired) electrons. The fourth-order valence-electron chi connectivity index (χ4n) is 2.27. The van der Waals surface area contributed by atoms with Crippen LogP contribution in [0.3, 0.4) is 0 Å². The van der Waals surface area contributed by atoms with Gasteiger partial charge in [0.25, 0.3) is 0 Å². The van der Waals surface area contributed by atoms with E-state index in [1.807, 2.05) is 22.8 Å². The Hall–Kier alpha value is -2.35. The molecule has 0 bridgehead atoms. The van der Waals surface area contributed by atoms with Crippen molar-refractivity contribution in [1.82, 2.24) is 4.98 Å². The van der Waals surface area contributed by atoms with Crippen LogP contribution in [-0.4, -0.2) is 4.98 Å². The molecule has 0 spiro atoms. The Morgan fingerprint density at radius 3 is 2.56 bits per heavy atom. The number of rotatable bonds is 1. The highest BCUT2D eigenvalue weighted by Gasteiger charge is 2.08. The Morgan fingerprint density at radius 2 is 1.72 bits per heavy atom. The van der Waals surface area contributed by atoms with E-state index in [4.69, 9.17) is 0 Å². The SMILES string of the molecule is [CH2-][n+]1cnc2ccccc2c1-c1ccccc1C. The van der Waals surface area contributed by atoms with E-state index in [0.717, 1.165) is 16.6 Å². The lowest BCUT2D eigenvalue weighted by atomic mass is 10.0. The maximum atomic E-state index is 4.40. The minimum Gasteiger partial charge on any atom is -0.367 e. The largest absolute Gasteiger partial charge is 0.367 e. The molecule has 3 rings (SSSR count). The zero-order valence-electron chi connectivity index (χ0n) is 10.3. The van der Waals surface area contributed by atoms with E-state index < -0.39 is 0 Å². The Kier molecular flexibility index (Phi) is 2.49. The van der Waals surface area contributed by atoms with Gasteiger partial charge in [0, 0.05) is 11.1 Å². The summed E-state index contributed by atoms with van der Waals surface area (Å²) in [5, 5.41) is 1.13. The topological polar surface area (TPSA) is 16.8 Å². The molecule has 0 aliphatic rings. The lowest BCUT2D eigenvalue weighted by Gasteiger charge is -2.14. The normalized spacial score (nSPS) is 10.7. The average molecular weight is 234 g/mol. The van der Waals surface area contributed by atoms with Gasteiger partial charge in [-0.2, -0.15) is 0 Å². The van der Waals surface area contributed by atoms with Crippen molar-refractivity contribution in [2.24, 2.45) is 0 Å². The number of benzene rings is 2. The van der Waals surface area contributed by atoms with Crippen LogP contribution in [0.4, 0.5) is 0 Å². The molecule has 18 heavy (non-hydrogen) atoms. The Bertz CT molecular complexity index is 717. The summed E-state index contributed by atoms with van der Waals surface area (Å²) in [6.45, 7) is 2.12. The standard InChI is InChI=1S/C16H14N2/c1-12-7-3-4-8-13(12)16-14-9-5-6-10-15(14)17-11-18(16)2/h3-11H,2H2,1H3. The third-order valence-electron chi connectivity index (χ3n) is 3.18. The van der Waals surface area contributed by atoms with Crippen LogP contribution in [0, 0.1) is 14.0 Å². The van der Waals surface area contributed by atoms with Crippen LogP contribution in [0.25, 0.3) is 22.2 Å². The molecule has 1 heterocycles. The van der Waals surface area contributed by atoms with Crippen molar-refractivity contribution in [3.8, 4) is 11.3 Å². The average Bonchev–Trinajstić information content (AvgIpc) is 2.40. The second-order valence-corrected chi connectivity index (χ2v) is 4.40. The van der Waals surface area contributed by atoms with Crippen LogP contribution >= 0.6 is 0 Å². The molecule has 2 heteroatoms. The third-order valence-corrected chi connectivity index (χ3v) is 3.18. The van der Waals surface area contributed by atoms with E-state index in [1.165, 1.54) is 11.1 Å². The van der Waals surface area contributed by atoms with Crippen molar-refractivity contribution in [1.29, 1.82) is 0 Å². The smallest absolute Gasteiger partial charge is 0.185 e. The molecule has 0 amide bonds. The van der Waals surface area contributed by atoms with E-state index in [9.17, 15) is 0 Å². The summed E-state index contributed by atoms with van der Waals surface area (Å²) in [6.07, 6.45) is 1.77. The van der Waals surface area contributed by atoms with E-state index in [0.29, 0.717) is 0 Å². The highest BCUT2D eigenvalue weighted by molar-refractivity contribution is 5.91. The molecule has 0 unspecified atom stereocenters. The maximum Gasteiger partial charge on any atom is 0.185 e. The van der Waals surface area contributed by atoms with Crippen LogP contribution in [-0.2, 0) is 0 Å². The highest BCUT2D eigenvalue weighted by atomic mass is 15.0. The zero-order chi connectivity index (χ0) is 12.5. The van der Waals surface area contributed by atoms with Gasteiger partial charge in [-0.15, -0.1) is 4.98 Å². The molecule has 88 valence electrons. The van der Waals surface area contributed by atoms with Gasteiger partial charge in [0.2, 0.25) is 0 Å². The van der Waals surface area contributed by atoms with Gasteiger partial charge >= 0.3 is 0 Å². The second-order valence-electron chi connectivity index (χ2n) is 4.40. The number of aromatic nitrogens is 2. The summed E-state index contributed by atoms with van der Waals surface area (Å²) < 4.78 is 1.84. The van der Waals surface area contributed by atoms with Crippen molar-refractivity contribution in [2.45, 2.75) is 6.92 Å². The third kappa shape index (κ3) is 1.63. The summed E-state index contributed by atoms with van der Waals surface area (Å²) in [7, 11) is 4.04. The second kappa shape index (κ2) is 4.15. The molecular formula is C16H14N2. The summed E-state index contributed by atoms with van der Waals surface area (Å²) in [6, 6.07) is 16.5. The van der Waals surface area contributed by atoms with Gasteiger partial charge in [-0.1, -0.05) is 48.0 Å².